The molecule has 1 saturated heterocycles. The highest BCUT2D eigenvalue weighted by atomic mass is 35.5. The third-order valence-corrected chi connectivity index (χ3v) is 4.35. The van der Waals surface area contributed by atoms with E-state index >= 15 is 0 Å². The lowest BCUT2D eigenvalue weighted by Gasteiger charge is -2.33. The van der Waals surface area contributed by atoms with Gasteiger partial charge in [0.25, 0.3) is 0 Å². The van der Waals surface area contributed by atoms with Gasteiger partial charge in [-0.3, -0.25) is 4.79 Å². The third-order valence-electron chi connectivity index (χ3n) is 4.12. The Kier molecular flexibility index (Phi) is 4.16. The van der Waals surface area contributed by atoms with Crippen LogP contribution in [0.4, 0.5) is 0 Å². The SMILES string of the molecule is CC(c1cccc(Cl)c1)N(C)C(=O)C1(C)CCNC1. The van der Waals surface area contributed by atoms with E-state index in [1.54, 1.807) is 0 Å². The minimum Gasteiger partial charge on any atom is -0.338 e. The summed E-state index contributed by atoms with van der Waals surface area (Å²) in [4.78, 5) is 14.5. The number of halogens is 1. The first kappa shape index (κ1) is 14.4. The zero-order valence-corrected chi connectivity index (χ0v) is 12.5. The fourth-order valence-electron chi connectivity index (χ4n) is 2.59. The predicted octanol–water partition coefficient (Wildman–Crippen LogP) is 2.86. The van der Waals surface area contributed by atoms with E-state index in [1.807, 2.05) is 50.1 Å². The fraction of sp³-hybridized carbons (Fsp3) is 0.533. The summed E-state index contributed by atoms with van der Waals surface area (Å²) in [6.07, 6.45) is 0.901. The van der Waals surface area contributed by atoms with Crippen LogP contribution in [0.25, 0.3) is 0 Å². The van der Waals surface area contributed by atoms with Crippen LogP contribution in [-0.4, -0.2) is 30.9 Å². The van der Waals surface area contributed by atoms with Gasteiger partial charge in [-0.2, -0.15) is 0 Å². The van der Waals surface area contributed by atoms with E-state index in [9.17, 15) is 4.79 Å². The van der Waals surface area contributed by atoms with Gasteiger partial charge in [-0.25, -0.2) is 0 Å². The number of amides is 1. The molecule has 0 bridgehead atoms. The highest BCUT2D eigenvalue weighted by Gasteiger charge is 2.39. The molecule has 0 aliphatic carbocycles. The molecule has 1 aliphatic heterocycles. The van der Waals surface area contributed by atoms with Crippen molar-refractivity contribution in [2.45, 2.75) is 26.3 Å². The molecule has 1 aliphatic rings. The van der Waals surface area contributed by atoms with Crippen molar-refractivity contribution in [3.63, 3.8) is 0 Å². The van der Waals surface area contributed by atoms with E-state index in [0.717, 1.165) is 25.1 Å². The van der Waals surface area contributed by atoms with Crippen molar-refractivity contribution in [3.8, 4) is 0 Å². The van der Waals surface area contributed by atoms with Gasteiger partial charge >= 0.3 is 0 Å². The zero-order valence-electron chi connectivity index (χ0n) is 11.7. The zero-order chi connectivity index (χ0) is 14.0. The highest BCUT2D eigenvalue weighted by molar-refractivity contribution is 6.30. The molecule has 1 heterocycles. The van der Waals surface area contributed by atoms with E-state index in [4.69, 9.17) is 11.6 Å². The van der Waals surface area contributed by atoms with Crippen LogP contribution >= 0.6 is 11.6 Å². The number of nitrogens with one attached hydrogen (secondary N) is 1. The summed E-state index contributed by atoms with van der Waals surface area (Å²) >= 11 is 6.01. The molecule has 0 saturated carbocycles. The summed E-state index contributed by atoms with van der Waals surface area (Å²) < 4.78 is 0. The minimum absolute atomic E-state index is 0.0311. The number of hydrogen-bond acceptors (Lipinski definition) is 2. The Balaban J connectivity index is 2.15. The second-order valence-corrected chi connectivity index (χ2v) is 6.07. The molecule has 2 atom stereocenters. The van der Waals surface area contributed by atoms with Crippen LogP contribution in [0.5, 0.6) is 0 Å². The van der Waals surface area contributed by atoms with Crippen molar-refractivity contribution in [3.05, 3.63) is 34.9 Å². The predicted molar refractivity (Wildman–Crippen MR) is 78.2 cm³/mol. The molecule has 0 aromatic heterocycles. The van der Waals surface area contributed by atoms with E-state index in [0.29, 0.717) is 5.02 Å². The largest absolute Gasteiger partial charge is 0.338 e. The molecule has 19 heavy (non-hydrogen) atoms. The topological polar surface area (TPSA) is 32.3 Å². The lowest BCUT2D eigenvalue weighted by Crippen LogP contribution is -2.42. The lowest BCUT2D eigenvalue weighted by molar-refractivity contribution is -0.140. The van der Waals surface area contributed by atoms with Crippen molar-refractivity contribution in [2.75, 3.05) is 20.1 Å². The van der Waals surface area contributed by atoms with E-state index < -0.39 is 0 Å². The van der Waals surface area contributed by atoms with E-state index in [-0.39, 0.29) is 17.4 Å². The van der Waals surface area contributed by atoms with Crippen molar-refractivity contribution < 1.29 is 4.79 Å². The third kappa shape index (κ3) is 2.93. The highest BCUT2D eigenvalue weighted by Crippen LogP contribution is 2.31. The molecule has 0 spiro atoms. The van der Waals surface area contributed by atoms with Gasteiger partial charge in [0, 0.05) is 18.6 Å². The molecule has 1 fully saturated rings. The Labute approximate surface area is 119 Å². The van der Waals surface area contributed by atoms with Crippen molar-refractivity contribution in [2.24, 2.45) is 5.41 Å². The van der Waals surface area contributed by atoms with Crippen molar-refractivity contribution >= 4 is 17.5 Å². The molecule has 1 aromatic rings. The summed E-state index contributed by atoms with van der Waals surface area (Å²) in [6, 6.07) is 7.73. The summed E-state index contributed by atoms with van der Waals surface area (Å²) in [5, 5.41) is 3.98. The number of carbonyl (C=O) groups excluding carboxylic acids is 1. The van der Waals surface area contributed by atoms with Crippen LogP contribution in [0.1, 0.15) is 31.9 Å². The van der Waals surface area contributed by atoms with E-state index in [2.05, 4.69) is 5.32 Å². The van der Waals surface area contributed by atoms with Crippen LogP contribution in [0.3, 0.4) is 0 Å². The van der Waals surface area contributed by atoms with Crippen LogP contribution < -0.4 is 5.32 Å². The Bertz CT molecular complexity index is 469. The van der Waals surface area contributed by atoms with Gasteiger partial charge in [0.15, 0.2) is 0 Å². The Morgan fingerprint density at radius 2 is 2.26 bits per heavy atom. The second-order valence-electron chi connectivity index (χ2n) is 5.63. The molecule has 1 N–H and O–H groups in total. The first-order valence-corrected chi connectivity index (χ1v) is 7.05. The van der Waals surface area contributed by atoms with Gasteiger partial charge in [0.2, 0.25) is 5.91 Å². The average Bonchev–Trinajstić information content (AvgIpc) is 2.84. The maximum Gasteiger partial charge on any atom is 0.230 e. The molecule has 4 heteroatoms. The van der Waals surface area contributed by atoms with Gasteiger partial charge in [0.05, 0.1) is 11.5 Å². The molecule has 3 nitrogen and oxygen atoms in total. The Morgan fingerprint density at radius 3 is 2.84 bits per heavy atom. The van der Waals surface area contributed by atoms with Crippen LogP contribution in [0.2, 0.25) is 5.02 Å². The normalized spacial score (nSPS) is 24.2. The number of nitrogens with zero attached hydrogens (tertiary/aromatic N) is 1. The smallest absolute Gasteiger partial charge is 0.230 e. The summed E-state index contributed by atoms with van der Waals surface area (Å²) in [6.45, 7) is 5.76. The number of hydrogen-bond donors (Lipinski definition) is 1. The maximum absolute atomic E-state index is 12.6. The quantitative estimate of drug-likeness (QED) is 0.923. The van der Waals surface area contributed by atoms with Gasteiger partial charge in [0.1, 0.15) is 0 Å². The Morgan fingerprint density at radius 1 is 1.53 bits per heavy atom. The average molecular weight is 281 g/mol. The molecular weight excluding hydrogens is 260 g/mol. The number of benzene rings is 1. The van der Waals surface area contributed by atoms with Gasteiger partial charge in [-0.15, -0.1) is 0 Å². The first-order valence-electron chi connectivity index (χ1n) is 6.67. The molecule has 104 valence electrons. The molecule has 1 aromatic carbocycles. The number of carbonyl (C=O) groups is 1. The summed E-state index contributed by atoms with van der Waals surface area (Å²) in [7, 11) is 1.87. The van der Waals surface area contributed by atoms with Crippen molar-refractivity contribution in [1.29, 1.82) is 0 Å². The van der Waals surface area contributed by atoms with Crippen LogP contribution in [0.15, 0.2) is 24.3 Å². The maximum atomic E-state index is 12.6. The molecule has 0 radical (unpaired) electrons. The van der Waals surface area contributed by atoms with Gasteiger partial charge in [-0.05, 0) is 44.5 Å². The fourth-order valence-corrected chi connectivity index (χ4v) is 2.79. The standard InChI is InChI=1S/C15H21ClN2O/c1-11(12-5-4-6-13(16)9-12)18(3)14(19)15(2)7-8-17-10-15/h4-6,9,11,17H,7-8,10H2,1-3H3. The van der Waals surface area contributed by atoms with E-state index in [1.165, 1.54) is 0 Å². The van der Waals surface area contributed by atoms with Crippen LogP contribution in [0, 0.1) is 5.41 Å². The first-order chi connectivity index (χ1) is 8.94. The summed E-state index contributed by atoms with van der Waals surface area (Å²) in [5.41, 5.74) is 0.791. The van der Waals surface area contributed by atoms with Gasteiger partial charge in [-0.1, -0.05) is 23.7 Å². The molecular formula is C15H21ClN2O. The lowest BCUT2D eigenvalue weighted by atomic mass is 9.87. The van der Waals surface area contributed by atoms with Crippen LogP contribution in [-0.2, 0) is 4.79 Å². The van der Waals surface area contributed by atoms with Crippen molar-refractivity contribution in [1.82, 2.24) is 10.2 Å². The summed E-state index contributed by atoms with van der Waals surface area (Å²) in [5.74, 6) is 0.199. The Hall–Kier alpha value is -1.06. The monoisotopic (exact) mass is 280 g/mol. The minimum atomic E-state index is -0.276. The molecule has 2 unspecified atom stereocenters. The molecule has 2 rings (SSSR count). The number of rotatable bonds is 3. The molecule has 1 amide bonds. The second kappa shape index (κ2) is 5.51. The van der Waals surface area contributed by atoms with Gasteiger partial charge < -0.3 is 10.2 Å².